The average molecular weight is 473 g/mol. The first-order valence-corrected chi connectivity index (χ1v) is 10.2. The van der Waals surface area contributed by atoms with Crippen LogP contribution in [-0.2, 0) is 21.4 Å². The summed E-state index contributed by atoms with van der Waals surface area (Å²) in [6.45, 7) is 0. The molecule has 0 unspecified atom stereocenters. The van der Waals surface area contributed by atoms with E-state index in [2.05, 4.69) is 20.9 Å². The Morgan fingerprint density at radius 3 is 2.67 bits per heavy atom. The number of esters is 1. The summed E-state index contributed by atoms with van der Waals surface area (Å²) in [5.74, 6) is -0.890. The highest BCUT2D eigenvalue weighted by Gasteiger charge is 2.55. The van der Waals surface area contributed by atoms with Crippen molar-refractivity contribution < 1.29 is 18.8 Å². The van der Waals surface area contributed by atoms with Gasteiger partial charge in [-0.25, -0.2) is 9.37 Å². The zero-order chi connectivity index (χ0) is 21.5. The molecule has 1 aliphatic carbocycles. The largest absolute Gasteiger partial charge is 0.468 e. The molecule has 0 spiro atoms. The fraction of sp³-hybridized carbons (Fsp3) is 0.273. The standard InChI is InChI=1S/C22H18BrFN2O4/c1-30-21(27)22(10-14(11-22)7-13-5-3-2-4-6-13)20-15-8-16(23)17(24)9-18(15)25-12-19(20)26(28)29/h2-6,8-9,12,14H,7,10-11H2,1H3. The summed E-state index contributed by atoms with van der Waals surface area (Å²) in [5.41, 5.74) is 0.208. The van der Waals surface area contributed by atoms with Crippen molar-refractivity contribution in [2.45, 2.75) is 24.7 Å². The zero-order valence-corrected chi connectivity index (χ0v) is 17.7. The first-order valence-electron chi connectivity index (χ1n) is 9.40. The normalized spacial score (nSPS) is 20.6. The van der Waals surface area contributed by atoms with Gasteiger partial charge in [-0.2, -0.15) is 0 Å². The number of carbonyl (C=O) groups is 1. The van der Waals surface area contributed by atoms with E-state index >= 15 is 0 Å². The molecule has 3 aromatic rings. The number of nitrogens with zero attached hydrogens (tertiary/aromatic N) is 2. The summed E-state index contributed by atoms with van der Waals surface area (Å²) < 4.78 is 19.3. The molecule has 0 radical (unpaired) electrons. The molecule has 1 aliphatic rings. The van der Waals surface area contributed by atoms with Gasteiger partial charge in [-0.3, -0.25) is 14.9 Å². The number of benzene rings is 2. The minimum absolute atomic E-state index is 0.152. The third kappa shape index (κ3) is 3.35. The van der Waals surface area contributed by atoms with Crippen LogP contribution in [0.2, 0.25) is 0 Å². The van der Waals surface area contributed by atoms with Gasteiger partial charge in [0.05, 0.1) is 27.6 Å². The van der Waals surface area contributed by atoms with Crippen molar-refractivity contribution in [2.75, 3.05) is 7.11 Å². The van der Waals surface area contributed by atoms with Gasteiger partial charge >= 0.3 is 5.97 Å². The Hall–Kier alpha value is -2.87. The van der Waals surface area contributed by atoms with Crippen molar-refractivity contribution >= 4 is 38.5 Å². The molecule has 0 amide bonds. The predicted octanol–water partition coefficient (Wildman–Crippen LogP) is 5.11. The van der Waals surface area contributed by atoms with Crippen molar-refractivity contribution in [1.82, 2.24) is 4.98 Å². The van der Waals surface area contributed by atoms with Crippen LogP contribution in [0.3, 0.4) is 0 Å². The summed E-state index contributed by atoms with van der Waals surface area (Å²) in [6.07, 6.45) is 2.67. The third-order valence-corrected chi connectivity index (χ3v) is 6.39. The smallest absolute Gasteiger partial charge is 0.316 e. The summed E-state index contributed by atoms with van der Waals surface area (Å²) in [4.78, 5) is 28.3. The van der Waals surface area contributed by atoms with E-state index in [-0.39, 0.29) is 27.2 Å². The van der Waals surface area contributed by atoms with Gasteiger partial charge in [0.15, 0.2) is 0 Å². The van der Waals surface area contributed by atoms with Crippen molar-refractivity contribution in [3.05, 3.63) is 80.2 Å². The van der Waals surface area contributed by atoms with E-state index in [4.69, 9.17) is 4.74 Å². The molecule has 1 fully saturated rings. The van der Waals surface area contributed by atoms with Gasteiger partial charge in [-0.1, -0.05) is 30.3 Å². The lowest BCUT2D eigenvalue weighted by atomic mass is 9.56. The van der Waals surface area contributed by atoms with Crippen LogP contribution in [0, 0.1) is 21.8 Å². The van der Waals surface area contributed by atoms with E-state index in [1.807, 2.05) is 30.3 Å². The average Bonchev–Trinajstić information content (AvgIpc) is 2.71. The van der Waals surface area contributed by atoms with Crippen LogP contribution in [0.1, 0.15) is 24.0 Å². The molecule has 1 heterocycles. The van der Waals surface area contributed by atoms with E-state index in [1.54, 1.807) is 0 Å². The molecule has 2 aromatic carbocycles. The molecule has 154 valence electrons. The number of hydrogen-bond donors (Lipinski definition) is 0. The Morgan fingerprint density at radius 1 is 1.33 bits per heavy atom. The monoisotopic (exact) mass is 472 g/mol. The Kier molecular flexibility index (Phi) is 5.27. The summed E-state index contributed by atoms with van der Waals surface area (Å²) in [5, 5.41) is 12.2. The number of halogens is 2. The van der Waals surface area contributed by atoms with Crippen LogP contribution in [0.15, 0.2) is 53.1 Å². The number of nitro groups is 1. The van der Waals surface area contributed by atoms with Gasteiger partial charge in [0.2, 0.25) is 0 Å². The highest BCUT2D eigenvalue weighted by atomic mass is 79.9. The number of methoxy groups -OCH3 is 1. The van der Waals surface area contributed by atoms with Crippen LogP contribution in [0.5, 0.6) is 0 Å². The van der Waals surface area contributed by atoms with Crippen LogP contribution in [0.25, 0.3) is 10.9 Å². The SMILES string of the molecule is COC(=O)C1(c2c([N+](=O)[O-])cnc3cc(F)c(Br)cc23)CC(Cc2ccccc2)C1. The first-order chi connectivity index (χ1) is 14.4. The Morgan fingerprint density at radius 2 is 2.03 bits per heavy atom. The van der Waals surface area contributed by atoms with Gasteiger partial charge in [0.25, 0.3) is 5.69 Å². The molecule has 0 N–H and O–H groups in total. The molecule has 6 nitrogen and oxygen atoms in total. The molecular weight excluding hydrogens is 455 g/mol. The second-order valence-corrected chi connectivity index (χ2v) is 8.45. The van der Waals surface area contributed by atoms with E-state index in [1.165, 1.54) is 19.2 Å². The predicted molar refractivity (Wildman–Crippen MR) is 113 cm³/mol. The third-order valence-electron chi connectivity index (χ3n) is 5.78. The van der Waals surface area contributed by atoms with Gasteiger partial charge in [0, 0.05) is 11.5 Å². The number of hydrogen-bond acceptors (Lipinski definition) is 5. The maximum Gasteiger partial charge on any atom is 0.316 e. The van der Waals surface area contributed by atoms with Crippen LogP contribution < -0.4 is 0 Å². The molecule has 4 rings (SSSR count). The maximum atomic E-state index is 14.0. The van der Waals surface area contributed by atoms with Gasteiger partial charge in [-0.05, 0) is 52.7 Å². The Bertz CT molecular complexity index is 1150. The maximum absolute atomic E-state index is 14.0. The Labute approximate surface area is 180 Å². The van der Waals surface area contributed by atoms with E-state index in [0.29, 0.717) is 18.2 Å². The summed E-state index contributed by atoms with van der Waals surface area (Å²) in [7, 11) is 1.28. The zero-order valence-electron chi connectivity index (χ0n) is 16.1. The summed E-state index contributed by atoms with van der Waals surface area (Å²) in [6, 6.07) is 12.5. The van der Waals surface area contributed by atoms with Crippen molar-refractivity contribution in [2.24, 2.45) is 5.92 Å². The van der Waals surface area contributed by atoms with Gasteiger partial charge < -0.3 is 4.74 Å². The highest BCUT2D eigenvalue weighted by Crippen LogP contribution is 2.54. The van der Waals surface area contributed by atoms with Gasteiger partial charge in [0.1, 0.15) is 17.4 Å². The number of carbonyl (C=O) groups excluding carboxylic acids is 1. The number of aromatic nitrogens is 1. The van der Waals surface area contributed by atoms with Gasteiger partial charge in [-0.15, -0.1) is 0 Å². The molecule has 30 heavy (non-hydrogen) atoms. The minimum atomic E-state index is -1.17. The molecule has 1 saturated carbocycles. The number of fused-ring (bicyclic) bond motifs is 1. The lowest BCUT2D eigenvalue weighted by molar-refractivity contribution is -0.386. The van der Waals surface area contributed by atoms with Crippen molar-refractivity contribution in [3.8, 4) is 0 Å². The Balaban J connectivity index is 1.84. The molecular formula is C22H18BrFN2O4. The number of ether oxygens (including phenoxy) is 1. The molecule has 1 aromatic heterocycles. The quantitative estimate of drug-likeness (QED) is 0.292. The second-order valence-electron chi connectivity index (χ2n) is 7.60. The molecule has 8 heteroatoms. The minimum Gasteiger partial charge on any atom is -0.468 e. The van der Waals surface area contributed by atoms with Crippen LogP contribution >= 0.6 is 15.9 Å². The lowest BCUT2D eigenvalue weighted by Crippen LogP contribution is -2.49. The number of pyridine rings is 1. The number of rotatable bonds is 5. The fourth-order valence-corrected chi connectivity index (χ4v) is 4.85. The van der Waals surface area contributed by atoms with E-state index in [9.17, 15) is 19.3 Å². The van der Waals surface area contributed by atoms with E-state index < -0.39 is 22.1 Å². The molecule has 0 bridgehead atoms. The molecule has 0 saturated heterocycles. The van der Waals surface area contributed by atoms with E-state index in [0.717, 1.165) is 18.2 Å². The highest BCUT2D eigenvalue weighted by molar-refractivity contribution is 9.10. The fourth-order valence-electron chi connectivity index (χ4n) is 4.50. The van der Waals surface area contributed by atoms with Crippen LogP contribution in [-0.4, -0.2) is 23.0 Å². The molecule has 0 aliphatic heterocycles. The van der Waals surface area contributed by atoms with Crippen LogP contribution in [0.4, 0.5) is 10.1 Å². The lowest BCUT2D eigenvalue weighted by Gasteiger charge is -2.45. The summed E-state index contributed by atoms with van der Waals surface area (Å²) >= 11 is 3.14. The molecule has 0 atom stereocenters. The van der Waals surface area contributed by atoms with Crippen molar-refractivity contribution in [3.63, 3.8) is 0 Å². The topological polar surface area (TPSA) is 82.3 Å². The van der Waals surface area contributed by atoms with Crippen molar-refractivity contribution in [1.29, 1.82) is 0 Å². The first kappa shape index (κ1) is 20.4. The second kappa shape index (κ2) is 7.75.